The van der Waals surface area contributed by atoms with E-state index in [4.69, 9.17) is 4.74 Å². The van der Waals surface area contributed by atoms with Crippen molar-refractivity contribution in [1.29, 1.82) is 0 Å². The molecule has 8 nitrogen and oxygen atoms in total. The topological polar surface area (TPSA) is 91.0 Å². The monoisotopic (exact) mass is 434 g/mol. The summed E-state index contributed by atoms with van der Waals surface area (Å²) in [6.45, 7) is 4.46. The van der Waals surface area contributed by atoms with Crippen LogP contribution in [-0.4, -0.2) is 65.3 Å². The van der Waals surface area contributed by atoms with Gasteiger partial charge in [-0.3, -0.25) is 25.1 Å². The summed E-state index contributed by atoms with van der Waals surface area (Å²) in [6.07, 6.45) is 0.365. The lowest BCUT2D eigenvalue weighted by molar-refractivity contribution is -0.142. The Kier molecular flexibility index (Phi) is 7.38. The van der Waals surface area contributed by atoms with Gasteiger partial charge in [0.25, 0.3) is 0 Å². The van der Waals surface area contributed by atoms with Crippen LogP contribution in [0.4, 0.5) is 4.79 Å². The Morgan fingerprint density at radius 1 is 1.17 bits per heavy atom. The molecule has 164 valence electrons. The fourth-order valence-corrected chi connectivity index (χ4v) is 4.95. The van der Waals surface area contributed by atoms with Crippen LogP contribution in [0.1, 0.15) is 25.8 Å². The number of hydrogen-bond acceptors (Lipinski definition) is 7. The van der Waals surface area contributed by atoms with E-state index in [-0.39, 0.29) is 41.8 Å². The standard InChI is InChI=1S/C21H30N4O4S/c1-13(2)10-15-22-18-17(20(27)25(4)21(28)24(18)3)19(23-15)30-12-16(26)29-11-14-8-6-5-7-9-14/h5-9,13,15,17-19,22-23H,10-12H2,1-4H3. The first-order chi connectivity index (χ1) is 14.3. The Morgan fingerprint density at radius 3 is 2.53 bits per heavy atom. The first-order valence-corrected chi connectivity index (χ1v) is 11.2. The maximum Gasteiger partial charge on any atom is 0.327 e. The summed E-state index contributed by atoms with van der Waals surface area (Å²) in [4.78, 5) is 40.3. The number of nitrogens with zero attached hydrogens (tertiary/aromatic N) is 2. The Balaban J connectivity index is 1.66. The molecule has 9 heteroatoms. The minimum Gasteiger partial charge on any atom is -0.460 e. The molecule has 1 aromatic rings. The molecule has 2 N–H and O–H groups in total. The van der Waals surface area contributed by atoms with Gasteiger partial charge in [-0.2, -0.15) is 0 Å². The number of hydrogen-bond donors (Lipinski definition) is 2. The molecule has 3 rings (SSSR count). The molecule has 0 aliphatic carbocycles. The average molecular weight is 435 g/mol. The van der Waals surface area contributed by atoms with Gasteiger partial charge in [-0.15, -0.1) is 11.8 Å². The molecule has 4 unspecified atom stereocenters. The second-order valence-electron chi connectivity index (χ2n) is 8.15. The Labute approximate surface area is 181 Å². The van der Waals surface area contributed by atoms with Crippen molar-refractivity contribution in [2.75, 3.05) is 19.8 Å². The van der Waals surface area contributed by atoms with Crippen molar-refractivity contribution in [3.63, 3.8) is 0 Å². The molecule has 3 amide bonds. The smallest absolute Gasteiger partial charge is 0.327 e. The number of thioether (sulfide) groups is 1. The van der Waals surface area contributed by atoms with E-state index in [9.17, 15) is 14.4 Å². The molecule has 4 atom stereocenters. The van der Waals surface area contributed by atoms with Gasteiger partial charge in [0.1, 0.15) is 6.61 Å². The molecule has 30 heavy (non-hydrogen) atoms. The highest BCUT2D eigenvalue weighted by molar-refractivity contribution is 8.00. The van der Waals surface area contributed by atoms with Crippen molar-refractivity contribution in [2.24, 2.45) is 11.8 Å². The summed E-state index contributed by atoms with van der Waals surface area (Å²) in [7, 11) is 3.19. The maximum absolute atomic E-state index is 12.9. The van der Waals surface area contributed by atoms with E-state index in [0.29, 0.717) is 5.92 Å². The second kappa shape index (κ2) is 9.80. The van der Waals surface area contributed by atoms with Crippen LogP contribution in [0, 0.1) is 11.8 Å². The van der Waals surface area contributed by atoms with Crippen molar-refractivity contribution in [2.45, 2.75) is 44.6 Å². The number of amides is 3. The summed E-state index contributed by atoms with van der Waals surface area (Å²) in [5, 5.41) is 6.55. The lowest BCUT2D eigenvalue weighted by Crippen LogP contribution is -2.74. The number of rotatable bonds is 7. The van der Waals surface area contributed by atoms with E-state index >= 15 is 0 Å². The van der Waals surface area contributed by atoms with Gasteiger partial charge in [0.2, 0.25) is 5.91 Å². The molecule has 2 aliphatic rings. The van der Waals surface area contributed by atoms with Gasteiger partial charge < -0.3 is 9.64 Å². The van der Waals surface area contributed by atoms with Gasteiger partial charge in [0, 0.05) is 14.1 Å². The van der Waals surface area contributed by atoms with Crippen molar-refractivity contribution in [1.82, 2.24) is 20.4 Å². The van der Waals surface area contributed by atoms with Crippen LogP contribution in [0.5, 0.6) is 0 Å². The van der Waals surface area contributed by atoms with E-state index in [0.717, 1.165) is 16.9 Å². The third-order valence-electron chi connectivity index (χ3n) is 5.36. The van der Waals surface area contributed by atoms with Crippen LogP contribution in [-0.2, 0) is 20.9 Å². The van der Waals surface area contributed by atoms with Gasteiger partial charge in [0.15, 0.2) is 0 Å². The van der Waals surface area contributed by atoms with E-state index < -0.39 is 12.1 Å². The molecule has 2 fully saturated rings. The number of fused-ring (bicyclic) bond motifs is 1. The lowest BCUT2D eigenvalue weighted by Gasteiger charge is -2.50. The number of carbonyl (C=O) groups excluding carboxylic acids is 3. The molecule has 0 saturated carbocycles. The van der Waals surface area contributed by atoms with Crippen LogP contribution in [0.15, 0.2) is 30.3 Å². The SMILES string of the molecule is CC(C)CC1NC(SCC(=O)OCc2ccccc2)C2C(=O)N(C)C(=O)N(C)C2N1. The minimum atomic E-state index is -0.493. The number of esters is 1. The fraction of sp³-hybridized carbons (Fsp3) is 0.571. The normalized spacial score (nSPS) is 26.7. The molecular formula is C21H30N4O4S. The Morgan fingerprint density at radius 2 is 1.87 bits per heavy atom. The minimum absolute atomic E-state index is 0.0597. The van der Waals surface area contributed by atoms with Crippen molar-refractivity contribution < 1.29 is 19.1 Å². The summed E-state index contributed by atoms with van der Waals surface area (Å²) < 4.78 is 5.37. The summed E-state index contributed by atoms with van der Waals surface area (Å²) in [5.74, 6) is -0.524. The zero-order valence-electron chi connectivity index (χ0n) is 17.8. The van der Waals surface area contributed by atoms with Crippen LogP contribution in [0.25, 0.3) is 0 Å². The molecule has 2 heterocycles. The summed E-state index contributed by atoms with van der Waals surface area (Å²) >= 11 is 1.36. The third kappa shape index (κ3) is 5.14. The molecule has 0 bridgehead atoms. The molecule has 0 spiro atoms. The molecule has 0 aromatic heterocycles. The highest BCUT2D eigenvalue weighted by Crippen LogP contribution is 2.32. The molecular weight excluding hydrogens is 404 g/mol. The first-order valence-electron chi connectivity index (χ1n) is 10.2. The number of imide groups is 1. The summed E-state index contributed by atoms with van der Waals surface area (Å²) in [6, 6.07) is 9.18. The van der Waals surface area contributed by atoms with Gasteiger partial charge in [-0.1, -0.05) is 44.2 Å². The number of nitrogens with one attached hydrogen (secondary N) is 2. The Bertz CT molecular complexity index is 776. The highest BCUT2D eigenvalue weighted by Gasteiger charge is 2.50. The van der Waals surface area contributed by atoms with Gasteiger partial charge in [-0.25, -0.2) is 4.79 Å². The maximum atomic E-state index is 12.9. The van der Waals surface area contributed by atoms with Crippen molar-refractivity contribution >= 4 is 29.7 Å². The van der Waals surface area contributed by atoms with Crippen LogP contribution in [0.2, 0.25) is 0 Å². The van der Waals surface area contributed by atoms with Gasteiger partial charge >= 0.3 is 12.0 Å². The molecule has 1 aromatic carbocycles. The van der Waals surface area contributed by atoms with Crippen LogP contribution in [0.3, 0.4) is 0 Å². The van der Waals surface area contributed by atoms with Crippen molar-refractivity contribution in [3.05, 3.63) is 35.9 Å². The predicted molar refractivity (Wildman–Crippen MR) is 115 cm³/mol. The molecule has 2 aliphatic heterocycles. The fourth-order valence-electron chi connectivity index (χ4n) is 3.81. The van der Waals surface area contributed by atoms with E-state index in [1.165, 1.54) is 18.8 Å². The third-order valence-corrected chi connectivity index (χ3v) is 6.55. The van der Waals surface area contributed by atoms with Gasteiger partial charge in [-0.05, 0) is 17.9 Å². The van der Waals surface area contributed by atoms with Crippen LogP contribution < -0.4 is 10.6 Å². The largest absolute Gasteiger partial charge is 0.460 e. The molecule has 0 radical (unpaired) electrons. The van der Waals surface area contributed by atoms with E-state index in [2.05, 4.69) is 24.5 Å². The van der Waals surface area contributed by atoms with Gasteiger partial charge in [0.05, 0.1) is 29.4 Å². The highest BCUT2D eigenvalue weighted by atomic mass is 32.2. The van der Waals surface area contributed by atoms with Crippen LogP contribution >= 0.6 is 11.8 Å². The number of benzene rings is 1. The zero-order chi connectivity index (χ0) is 21.8. The number of ether oxygens (including phenoxy) is 1. The Hall–Kier alpha value is -2.10. The molecule has 2 saturated heterocycles. The average Bonchev–Trinajstić information content (AvgIpc) is 2.73. The quantitative estimate of drug-likeness (QED) is 0.633. The van der Waals surface area contributed by atoms with E-state index in [1.54, 1.807) is 11.9 Å². The predicted octanol–water partition coefficient (Wildman–Crippen LogP) is 1.82. The van der Waals surface area contributed by atoms with E-state index in [1.807, 2.05) is 30.3 Å². The summed E-state index contributed by atoms with van der Waals surface area (Å²) in [5.41, 5.74) is 0.928. The number of carbonyl (C=O) groups is 3. The zero-order valence-corrected chi connectivity index (χ0v) is 18.6. The number of urea groups is 1. The second-order valence-corrected chi connectivity index (χ2v) is 9.28. The van der Waals surface area contributed by atoms with Crippen molar-refractivity contribution in [3.8, 4) is 0 Å². The lowest BCUT2D eigenvalue weighted by atomic mass is 9.95. The first kappa shape index (κ1) is 22.6.